The normalized spacial score (nSPS) is 10.3. The van der Waals surface area contributed by atoms with E-state index in [1.807, 2.05) is 13.8 Å². The first-order valence-electron chi connectivity index (χ1n) is 3.92. The highest BCUT2D eigenvalue weighted by molar-refractivity contribution is 5.66. The van der Waals surface area contributed by atoms with E-state index in [2.05, 4.69) is 5.32 Å². The molecule has 12 heavy (non-hydrogen) atoms. The third kappa shape index (κ3) is 1.87. The van der Waals surface area contributed by atoms with Gasteiger partial charge in [0.2, 0.25) is 0 Å². The first-order valence-corrected chi connectivity index (χ1v) is 3.92. The maximum absolute atomic E-state index is 13.1. The van der Waals surface area contributed by atoms with Crippen molar-refractivity contribution in [3.05, 3.63) is 24.0 Å². The van der Waals surface area contributed by atoms with E-state index in [4.69, 9.17) is 5.73 Å². The Morgan fingerprint density at radius 1 is 1.42 bits per heavy atom. The van der Waals surface area contributed by atoms with Gasteiger partial charge in [-0.1, -0.05) is 6.07 Å². The Labute approximate surface area is 71.6 Å². The molecule has 1 aromatic carbocycles. The summed E-state index contributed by atoms with van der Waals surface area (Å²) in [6.07, 6.45) is 0. The molecular weight excluding hydrogens is 155 g/mol. The predicted octanol–water partition coefficient (Wildman–Crippen LogP) is 2.23. The predicted molar refractivity (Wildman–Crippen MR) is 49.6 cm³/mol. The van der Waals surface area contributed by atoms with Crippen molar-refractivity contribution < 1.29 is 4.39 Å². The average Bonchev–Trinajstić information content (AvgIpc) is 1.97. The lowest BCUT2D eigenvalue weighted by Crippen LogP contribution is -2.12. The summed E-state index contributed by atoms with van der Waals surface area (Å²) in [7, 11) is 0. The van der Waals surface area contributed by atoms with Crippen LogP contribution in [0.1, 0.15) is 13.8 Å². The minimum Gasteiger partial charge on any atom is -0.397 e. The van der Waals surface area contributed by atoms with Gasteiger partial charge in [0.05, 0.1) is 11.4 Å². The van der Waals surface area contributed by atoms with Crippen LogP contribution in [-0.4, -0.2) is 6.04 Å². The SMILES string of the molecule is CC(C)Nc1c(N)cccc1F. The fraction of sp³-hybridized carbons (Fsp3) is 0.333. The van der Waals surface area contributed by atoms with Crippen LogP contribution in [-0.2, 0) is 0 Å². The van der Waals surface area contributed by atoms with Gasteiger partial charge in [0, 0.05) is 6.04 Å². The molecule has 2 nitrogen and oxygen atoms in total. The molecule has 0 saturated carbocycles. The zero-order valence-electron chi connectivity index (χ0n) is 7.26. The second kappa shape index (κ2) is 3.43. The van der Waals surface area contributed by atoms with Crippen molar-refractivity contribution >= 4 is 11.4 Å². The summed E-state index contributed by atoms with van der Waals surface area (Å²) in [5.41, 5.74) is 6.41. The molecule has 0 aliphatic carbocycles. The molecule has 1 rings (SSSR count). The second-order valence-electron chi connectivity index (χ2n) is 3.00. The largest absolute Gasteiger partial charge is 0.397 e. The number of nitrogen functional groups attached to an aromatic ring is 1. The molecule has 0 fully saturated rings. The molecule has 0 aliphatic heterocycles. The van der Waals surface area contributed by atoms with Gasteiger partial charge in [-0.2, -0.15) is 0 Å². The van der Waals surface area contributed by atoms with Crippen molar-refractivity contribution in [1.29, 1.82) is 0 Å². The van der Waals surface area contributed by atoms with Crippen LogP contribution < -0.4 is 11.1 Å². The summed E-state index contributed by atoms with van der Waals surface area (Å²) in [5.74, 6) is -0.302. The minimum absolute atomic E-state index is 0.184. The van der Waals surface area contributed by atoms with Gasteiger partial charge in [-0.05, 0) is 26.0 Å². The van der Waals surface area contributed by atoms with Gasteiger partial charge in [-0.25, -0.2) is 4.39 Å². The molecule has 0 unspecified atom stereocenters. The van der Waals surface area contributed by atoms with E-state index < -0.39 is 0 Å². The van der Waals surface area contributed by atoms with Crippen molar-refractivity contribution in [2.75, 3.05) is 11.1 Å². The van der Waals surface area contributed by atoms with Crippen LogP contribution in [0.3, 0.4) is 0 Å². The summed E-state index contributed by atoms with van der Waals surface area (Å²) in [6.45, 7) is 3.87. The molecule has 3 heteroatoms. The van der Waals surface area contributed by atoms with Gasteiger partial charge in [-0.3, -0.25) is 0 Å². The topological polar surface area (TPSA) is 38.0 Å². The zero-order valence-corrected chi connectivity index (χ0v) is 7.26. The summed E-state index contributed by atoms with van der Waals surface area (Å²) in [5, 5.41) is 2.94. The zero-order chi connectivity index (χ0) is 9.14. The van der Waals surface area contributed by atoms with Crippen LogP contribution in [0, 0.1) is 5.82 Å². The Bertz CT molecular complexity index is 251. The number of nitrogens with two attached hydrogens (primary N) is 1. The molecule has 0 atom stereocenters. The number of benzene rings is 1. The van der Waals surface area contributed by atoms with Crippen LogP contribution >= 0.6 is 0 Å². The monoisotopic (exact) mass is 168 g/mol. The van der Waals surface area contributed by atoms with Crippen LogP contribution in [0.2, 0.25) is 0 Å². The third-order valence-corrected chi connectivity index (χ3v) is 1.48. The van der Waals surface area contributed by atoms with Crippen molar-refractivity contribution in [3.63, 3.8) is 0 Å². The van der Waals surface area contributed by atoms with Gasteiger partial charge in [-0.15, -0.1) is 0 Å². The van der Waals surface area contributed by atoms with Crippen molar-refractivity contribution in [2.45, 2.75) is 19.9 Å². The third-order valence-electron chi connectivity index (χ3n) is 1.48. The number of para-hydroxylation sites is 1. The fourth-order valence-corrected chi connectivity index (χ4v) is 0.982. The lowest BCUT2D eigenvalue weighted by atomic mass is 10.2. The highest BCUT2D eigenvalue weighted by atomic mass is 19.1. The molecule has 0 radical (unpaired) electrons. The van der Waals surface area contributed by atoms with Crippen LogP contribution in [0.25, 0.3) is 0 Å². The molecule has 0 saturated heterocycles. The van der Waals surface area contributed by atoms with Crippen molar-refractivity contribution in [1.82, 2.24) is 0 Å². The Balaban J connectivity index is 2.96. The summed E-state index contributed by atoms with van der Waals surface area (Å²) in [4.78, 5) is 0. The first-order chi connectivity index (χ1) is 5.61. The summed E-state index contributed by atoms with van der Waals surface area (Å²) < 4.78 is 13.1. The number of anilines is 2. The van der Waals surface area contributed by atoms with E-state index >= 15 is 0 Å². The van der Waals surface area contributed by atoms with E-state index in [1.165, 1.54) is 6.07 Å². The molecule has 0 heterocycles. The highest BCUT2D eigenvalue weighted by Crippen LogP contribution is 2.22. The van der Waals surface area contributed by atoms with Crippen molar-refractivity contribution in [2.24, 2.45) is 0 Å². The van der Waals surface area contributed by atoms with Gasteiger partial charge >= 0.3 is 0 Å². The average molecular weight is 168 g/mol. The smallest absolute Gasteiger partial charge is 0.148 e. The molecular formula is C9H13FN2. The highest BCUT2D eigenvalue weighted by Gasteiger charge is 2.05. The van der Waals surface area contributed by atoms with Gasteiger partial charge < -0.3 is 11.1 Å². The van der Waals surface area contributed by atoms with Gasteiger partial charge in [0.15, 0.2) is 0 Å². The Kier molecular flexibility index (Phi) is 2.53. The van der Waals surface area contributed by atoms with Crippen LogP contribution in [0.4, 0.5) is 15.8 Å². The number of halogens is 1. The molecule has 3 N–H and O–H groups in total. The fourth-order valence-electron chi connectivity index (χ4n) is 0.982. The van der Waals surface area contributed by atoms with Crippen LogP contribution in [0.15, 0.2) is 18.2 Å². The van der Waals surface area contributed by atoms with Crippen molar-refractivity contribution in [3.8, 4) is 0 Å². The molecule has 0 bridgehead atoms. The number of hydrogen-bond acceptors (Lipinski definition) is 2. The van der Waals surface area contributed by atoms with Gasteiger partial charge in [0.25, 0.3) is 0 Å². The quantitative estimate of drug-likeness (QED) is 0.664. The first kappa shape index (κ1) is 8.84. The minimum atomic E-state index is -0.302. The maximum Gasteiger partial charge on any atom is 0.148 e. The van der Waals surface area contributed by atoms with E-state index in [1.54, 1.807) is 12.1 Å². The standard InChI is InChI=1S/C9H13FN2/c1-6(2)12-9-7(10)4-3-5-8(9)11/h3-6,12H,11H2,1-2H3. The maximum atomic E-state index is 13.1. The molecule has 1 aromatic rings. The Morgan fingerprint density at radius 3 is 2.58 bits per heavy atom. The molecule has 0 aromatic heterocycles. The summed E-state index contributed by atoms with van der Waals surface area (Å²) >= 11 is 0. The van der Waals surface area contributed by atoms with E-state index in [-0.39, 0.29) is 11.9 Å². The van der Waals surface area contributed by atoms with Gasteiger partial charge in [0.1, 0.15) is 5.82 Å². The molecule has 0 aliphatic rings. The number of nitrogens with one attached hydrogen (secondary N) is 1. The summed E-state index contributed by atoms with van der Waals surface area (Å²) in [6, 6.07) is 4.84. The van der Waals surface area contributed by atoms with E-state index in [0.717, 1.165) is 0 Å². The van der Waals surface area contributed by atoms with E-state index in [0.29, 0.717) is 11.4 Å². The lowest BCUT2D eigenvalue weighted by molar-refractivity contribution is 0.628. The Hall–Kier alpha value is -1.25. The lowest BCUT2D eigenvalue weighted by Gasteiger charge is -2.12. The van der Waals surface area contributed by atoms with E-state index in [9.17, 15) is 4.39 Å². The molecule has 66 valence electrons. The second-order valence-corrected chi connectivity index (χ2v) is 3.00. The van der Waals surface area contributed by atoms with Crippen LogP contribution in [0.5, 0.6) is 0 Å². The Morgan fingerprint density at radius 2 is 2.08 bits per heavy atom. The number of rotatable bonds is 2. The molecule has 0 amide bonds. The number of hydrogen-bond donors (Lipinski definition) is 2. The molecule has 0 spiro atoms.